The molecule has 0 radical (unpaired) electrons. The summed E-state index contributed by atoms with van der Waals surface area (Å²) < 4.78 is 0. The van der Waals surface area contributed by atoms with Crippen LogP contribution in [-0.4, -0.2) is 22.5 Å². The number of fused-ring (bicyclic) bond motifs is 1. The minimum Gasteiger partial charge on any atom is -0.508 e. The van der Waals surface area contributed by atoms with Gasteiger partial charge in [0, 0.05) is 36.0 Å². The maximum absolute atomic E-state index is 12.3. The number of phenols is 1. The van der Waals surface area contributed by atoms with E-state index in [2.05, 4.69) is 65.8 Å². The highest BCUT2D eigenvalue weighted by atomic mass is 16.3. The average molecular weight is 469 g/mol. The van der Waals surface area contributed by atoms with Crippen LogP contribution in [0.5, 0.6) is 5.75 Å². The van der Waals surface area contributed by atoms with Crippen LogP contribution in [-0.2, 0) is 24.1 Å². The molecule has 0 saturated heterocycles. The number of hydrogen-bond acceptors (Lipinski definition) is 2. The molecule has 0 atom stereocenters. The molecule has 182 valence electrons. The molecule has 1 aromatic heterocycles. The number of aromatic hydroxyl groups is 1. The lowest BCUT2D eigenvalue weighted by Gasteiger charge is -2.08. The van der Waals surface area contributed by atoms with E-state index < -0.39 is 0 Å². The topological polar surface area (TPSA) is 65.1 Å². The van der Waals surface area contributed by atoms with Crippen LogP contribution < -0.4 is 5.32 Å². The fourth-order valence-electron chi connectivity index (χ4n) is 4.58. The fourth-order valence-corrected chi connectivity index (χ4v) is 4.58. The summed E-state index contributed by atoms with van der Waals surface area (Å²) in [6.07, 6.45) is 7.89. The van der Waals surface area contributed by atoms with E-state index in [1.54, 1.807) is 12.1 Å². The molecule has 0 fully saturated rings. The van der Waals surface area contributed by atoms with Crippen molar-refractivity contribution in [1.29, 1.82) is 0 Å². The van der Waals surface area contributed by atoms with Crippen LogP contribution >= 0.6 is 0 Å². The van der Waals surface area contributed by atoms with E-state index in [0.29, 0.717) is 13.0 Å². The second kappa shape index (κ2) is 12.3. The highest BCUT2D eigenvalue weighted by molar-refractivity contribution is 5.82. The van der Waals surface area contributed by atoms with Gasteiger partial charge in [-0.2, -0.15) is 0 Å². The lowest BCUT2D eigenvalue weighted by molar-refractivity contribution is -0.121. The molecule has 0 spiro atoms. The molecule has 35 heavy (non-hydrogen) atoms. The average Bonchev–Trinajstić information content (AvgIpc) is 3.26. The van der Waals surface area contributed by atoms with Crippen molar-refractivity contribution >= 4 is 16.8 Å². The van der Waals surface area contributed by atoms with Crippen molar-refractivity contribution < 1.29 is 9.90 Å². The van der Waals surface area contributed by atoms with E-state index in [-0.39, 0.29) is 11.7 Å². The van der Waals surface area contributed by atoms with Crippen molar-refractivity contribution in [3.63, 3.8) is 0 Å². The van der Waals surface area contributed by atoms with E-state index in [4.69, 9.17) is 0 Å². The number of phenolic OH excluding ortho intramolecular Hbond substituents is 1. The smallest absolute Gasteiger partial charge is 0.220 e. The SMILES string of the molecule is CCCCCc1cccc(-c2cccc(CCCC(=O)NCCc3cc4cc(O)ccc4[nH]3)c2)c1. The molecule has 4 nitrogen and oxygen atoms in total. The van der Waals surface area contributed by atoms with Gasteiger partial charge >= 0.3 is 0 Å². The number of nitrogens with one attached hydrogen (secondary N) is 2. The zero-order valence-electron chi connectivity index (χ0n) is 20.6. The highest BCUT2D eigenvalue weighted by Gasteiger charge is 2.06. The summed E-state index contributed by atoms with van der Waals surface area (Å²) in [5, 5.41) is 13.6. The number of rotatable bonds is 12. The molecule has 4 heteroatoms. The summed E-state index contributed by atoms with van der Waals surface area (Å²) in [7, 11) is 0. The maximum atomic E-state index is 12.3. The van der Waals surface area contributed by atoms with E-state index >= 15 is 0 Å². The summed E-state index contributed by atoms with van der Waals surface area (Å²) in [6, 6.07) is 24.9. The normalized spacial score (nSPS) is 11.1. The Balaban J connectivity index is 1.22. The molecule has 1 heterocycles. The molecule has 3 N–H and O–H groups in total. The van der Waals surface area contributed by atoms with Crippen molar-refractivity contribution in [3.8, 4) is 16.9 Å². The van der Waals surface area contributed by atoms with Gasteiger partial charge in [0.2, 0.25) is 5.91 Å². The third kappa shape index (κ3) is 7.22. The summed E-state index contributed by atoms with van der Waals surface area (Å²) in [5.41, 5.74) is 7.24. The van der Waals surface area contributed by atoms with E-state index in [9.17, 15) is 9.90 Å². The number of H-pyrrole nitrogens is 1. The van der Waals surface area contributed by atoms with Crippen LogP contribution in [0.2, 0.25) is 0 Å². The molecule has 1 amide bonds. The Hall–Kier alpha value is -3.53. The largest absolute Gasteiger partial charge is 0.508 e. The predicted octanol–water partition coefficient (Wildman–Crippen LogP) is 6.95. The number of carbonyl (C=O) groups excluding carboxylic acids is 1. The van der Waals surface area contributed by atoms with Crippen molar-refractivity contribution in [3.05, 3.63) is 89.6 Å². The summed E-state index contributed by atoms with van der Waals surface area (Å²) in [6.45, 7) is 2.84. The van der Waals surface area contributed by atoms with Gasteiger partial charge in [0.05, 0.1) is 0 Å². The molecule has 4 rings (SSSR count). The number of benzene rings is 3. The van der Waals surface area contributed by atoms with Crippen molar-refractivity contribution in [2.45, 2.75) is 58.3 Å². The van der Waals surface area contributed by atoms with Gasteiger partial charge in [0.25, 0.3) is 0 Å². The van der Waals surface area contributed by atoms with Crippen LogP contribution in [0.1, 0.15) is 55.8 Å². The van der Waals surface area contributed by atoms with Crippen LogP contribution in [0.25, 0.3) is 22.0 Å². The van der Waals surface area contributed by atoms with E-state index in [1.807, 2.05) is 12.1 Å². The van der Waals surface area contributed by atoms with Crippen LogP contribution in [0, 0.1) is 0 Å². The predicted molar refractivity (Wildman–Crippen MR) is 145 cm³/mol. The summed E-state index contributed by atoms with van der Waals surface area (Å²) >= 11 is 0. The molecule has 0 saturated carbocycles. The van der Waals surface area contributed by atoms with Gasteiger partial charge in [-0.25, -0.2) is 0 Å². The quantitative estimate of drug-likeness (QED) is 0.197. The zero-order chi connectivity index (χ0) is 24.5. The van der Waals surface area contributed by atoms with Crippen LogP contribution in [0.15, 0.2) is 72.8 Å². The van der Waals surface area contributed by atoms with Gasteiger partial charge in [-0.15, -0.1) is 0 Å². The summed E-state index contributed by atoms with van der Waals surface area (Å²) in [4.78, 5) is 15.7. The molecule has 0 aliphatic rings. The Morgan fingerprint density at radius 2 is 1.54 bits per heavy atom. The molecule has 0 aliphatic carbocycles. The molecule has 3 aromatic carbocycles. The first kappa shape index (κ1) is 24.6. The maximum Gasteiger partial charge on any atom is 0.220 e. The van der Waals surface area contributed by atoms with Crippen LogP contribution in [0.4, 0.5) is 0 Å². The number of aromatic amines is 1. The monoisotopic (exact) mass is 468 g/mol. The Morgan fingerprint density at radius 1 is 0.829 bits per heavy atom. The van der Waals surface area contributed by atoms with Gasteiger partial charge in [-0.1, -0.05) is 68.3 Å². The lowest BCUT2D eigenvalue weighted by Crippen LogP contribution is -2.25. The van der Waals surface area contributed by atoms with Crippen molar-refractivity contribution in [1.82, 2.24) is 10.3 Å². The Labute approximate surface area is 208 Å². The number of carbonyl (C=O) groups is 1. The van der Waals surface area contributed by atoms with Gasteiger partial charge in [0.1, 0.15) is 5.75 Å². The van der Waals surface area contributed by atoms with Gasteiger partial charge < -0.3 is 15.4 Å². The first-order valence-electron chi connectivity index (χ1n) is 12.9. The van der Waals surface area contributed by atoms with Gasteiger partial charge in [-0.05, 0) is 72.2 Å². The standard InChI is InChI=1S/C31H36N2O2/c1-2-3-4-8-23-9-5-12-25(19-23)26-13-6-10-24(20-26)11-7-14-31(35)32-18-17-28-21-27-22-29(34)15-16-30(27)33-28/h5-6,9-10,12-13,15-16,19-22,33-34H,2-4,7-8,11,14,17-18H2,1H3,(H,32,35). The van der Waals surface area contributed by atoms with Crippen molar-refractivity contribution in [2.75, 3.05) is 6.54 Å². The Bertz CT molecular complexity index is 1260. The Kier molecular flexibility index (Phi) is 8.61. The number of aryl methyl sites for hydroxylation is 2. The lowest BCUT2D eigenvalue weighted by atomic mass is 9.97. The Morgan fingerprint density at radius 3 is 2.26 bits per heavy atom. The second-order valence-electron chi connectivity index (χ2n) is 9.38. The molecule has 0 bridgehead atoms. The molecular formula is C31H36N2O2. The fraction of sp³-hybridized carbons (Fsp3) is 0.323. The number of unbranched alkanes of at least 4 members (excludes halogenated alkanes) is 2. The minimum absolute atomic E-state index is 0.0923. The summed E-state index contributed by atoms with van der Waals surface area (Å²) in [5.74, 6) is 0.354. The van der Waals surface area contributed by atoms with Gasteiger partial charge in [0.15, 0.2) is 0 Å². The zero-order valence-corrected chi connectivity index (χ0v) is 20.6. The number of amides is 1. The third-order valence-electron chi connectivity index (χ3n) is 6.50. The molecular weight excluding hydrogens is 432 g/mol. The minimum atomic E-state index is 0.0923. The molecule has 4 aromatic rings. The van der Waals surface area contributed by atoms with E-state index in [1.165, 1.54) is 41.5 Å². The third-order valence-corrected chi connectivity index (χ3v) is 6.50. The highest BCUT2D eigenvalue weighted by Crippen LogP contribution is 2.23. The molecule has 0 aliphatic heterocycles. The van der Waals surface area contributed by atoms with Crippen molar-refractivity contribution in [2.24, 2.45) is 0 Å². The first-order chi connectivity index (χ1) is 17.1. The number of aromatic nitrogens is 1. The molecule has 0 unspecified atom stereocenters. The first-order valence-corrected chi connectivity index (χ1v) is 12.9. The van der Waals surface area contributed by atoms with Crippen LogP contribution in [0.3, 0.4) is 0 Å². The number of hydrogen-bond donors (Lipinski definition) is 3. The van der Waals surface area contributed by atoms with Gasteiger partial charge in [-0.3, -0.25) is 4.79 Å². The van der Waals surface area contributed by atoms with E-state index in [0.717, 1.165) is 42.3 Å². The second-order valence-corrected chi connectivity index (χ2v) is 9.38.